The molecule has 2 unspecified atom stereocenters. The van der Waals surface area contributed by atoms with Crippen LogP contribution in [-0.2, 0) is 20.2 Å². The Balaban J connectivity index is 0.0000101. The van der Waals surface area contributed by atoms with E-state index in [9.17, 15) is 25.9 Å². The number of hydrogen-bond acceptors (Lipinski definition) is 6. The summed E-state index contributed by atoms with van der Waals surface area (Å²) in [7, 11) is -8.92. The Labute approximate surface area is 325 Å². The second kappa shape index (κ2) is 26.1. The molecule has 250 valence electrons. The van der Waals surface area contributed by atoms with Gasteiger partial charge in [-0.2, -0.15) is 0 Å². The minimum absolute atomic E-state index is 0. The zero-order valence-electron chi connectivity index (χ0n) is 29.2. The largest absolute Gasteiger partial charge is 1.00 e. The topological polar surface area (TPSA) is 114 Å². The van der Waals surface area contributed by atoms with Gasteiger partial charge in [0.15, 0.2) is 0 Å². The molecule has 0 saturated carbocycles. The second-order valence-electron chi connectivity index (χ2n) is 12.5. The van der Waals surface area contributed by atoms with Crippen molar-refractivity contribution in [3.8, 4) is 0 Å². The minimum Gasteiger partial charge on any atom is -0.744 e. The van der Waals surface area contributed by atoms with Gasteiger partial charge in [0.25, 0.3) is 0 Å². The van der Waals surface area contributed by atoms with Crippen molar-refractivity contribution in [3.05, 3.63) is 59.7 Å². The van der Waals surface area contributed by atoms with E-state index < -0.39 is 20.2 Å². The first kappa shape index (κ1) is 46.3. The third-order valence-electron chi connectivity index (χ3n) is 8.95. The third kappa shape index (κ3) is 19.4. The molecule has 2 atom stereocenters. The molecular formula is C36H56Na2O6S2. The summed E-state index contributed by atoms with van der Waals surface area (Å²) in [5.74, 6) is 0.634. The zero-order valence-corrected chi connectivity index (χ0v) is 34.8. The van der Waals surface area contributed by atoms with Crippen molar-refractivity contribution >= 4 is 20.2 Å². The number of benzene rings is 2. The molecule has 2 aromatic carbocycles. The summed E-state index contributed by atoms with van der Waals surface area (Å²) in [6.07, 6.45) is 23.5. The monoisotopic (exact) mass is 694 g/mol. The normalized spacial score (nSPS) is 13.0. The van der Waals surface area contributed by atoms with Crippen molar-refractivity contribution in [3.63, 3.8) is 0 Å². The maximum atomic E-state index is 11.4. The summed E-state index contributed by atoms with van der Waals surface area (Å²) < 4.78 is 68.7. The van der Waals surface area contributed by atoms with E-state index in [-0.39, 0.29) is 68.9 Å². The molecule has 0 saturated heterocycles. The molecule has 0 fully saturated rings. The molecule has 0 aliphatic heterocycles. The molecule has 0 aliphatic rings. The predicted molar refractivity (Wildman–Crippen MR) is 178 cm³/mol. The van der Waals surface area contributed by atoms with Gasteiger partial charge in [0.05, 0.1) is 9.79 Å². The van der Waals surface area contributed by atoms with Gasteiger partial charge in [-0.1, -0.05) is 141 Å². The molecule has 2 aromatic rings. The van der Waals surface area contributed by atoms with Crippen molar-refractivity contribution in [2.45, 2.75) is 164 Å². The Morgan fingerprint density at radius 1 is 0.435 bits per heavy atom. The molecule has 0 spiro atoms. The van der Waals surface area contributed by atoms with E-state index in [1.807, 2.05) is 24.3 Å². The fraction of sp³-hybridized carbons (Fsp3) is 0.667. The van der Waals surface area contributed by atoms with Gasteiger partial charge < -0.3 is 9.11 Å². The van der Waals surface area contributed by atoms with Crippen LogP contribution in [0.3, 0.4) is 0 Å². The molecule has 0 radical (unpaired) electrons. The SMILES string of the molecule is CCCCCCCCCC(CCCCC(CCCCCCCCC)c1ccc(S(=O)(=O)[O-])cc1)c1ccc(S(=O)(=O)[O-])cc1.[Na+].[Na+]. The molecule has 0 aliphatic carbocycles. The Bertz CT molecular complexity index is 1150. The van der Waals surface area contributed by atoms with Crippen LogP contribution in [0.25, 0.3) is 0 Å². The molecule has 10 heteroatoms. The molecule has 0 bridgehead atoms. The van der Waals surface area contributed by atoms with Crippen molar-refractivity contribution in [1.82, 2.24) is 0 Å². The van der Waals surface area contributed by atoms with Crippen molar-refractivity contribution in [2.24, 2.45) is 0 Å². The Morgan fingerprint density at radius 2 is 0.674 bits per heavy atom. The summed E-state index contributed by atoms with van der Waals surface area (Å²) in [5, 5.41) is 0. The number of unbranched alkanes of at least 4 members (excludes halogenated alkanes) is 13. The second-order valence-corrected chi connectivity index (χ2v) is 15.3. The summed E-state index contributed by atoms with van der Waals surface area (Å²) >= 11 is 0. The third-order valence-corrected chi connectivity index (χ3v) is 10.6. The van der Waals surface area contributed by atoms with Crippen LogP contribution in [0.4, 0.5) is 0 Å². The standard InChI is InChI=1S/C36H58O6S2.2Na/c1-3-5-7-9-11-13-15-19-31(33-23-27-35(28-24-33)43(37,38)39)21-17-18-22-32(20-16-14-12-10-8-6-4-2)34-25-29-36(30-26-34)44(40,41)42;;/h23-32H,3-22H2,1-2H3,(H,37,38,39)(H,40,41,42);;/q;2*+1/p-2. The van der Waals surface area contributed by atoms with Gasteiger partial charge in [-0.3, -0.25) is 0 Å². The van der Waals surface area contributed by atoms with E-state index in [1.165, 1.54) is 101 Å². The van der Waals surface area contributed by atoms with E-state index in [2.05, 4.69) is 13.8 Å². The van der Waals surface area contributed by atoms with Crippen LogP contribution in [0, 0.1) is 0 Å². The van der Waals surface area contributed by atoms with E-state index in [4.69, 9.17) is 0 Å². The van der Waals surface area contributed by atoms with E-state index >= 15 is 0 Å². The van der Waals surface area contributed by atoms with Crippen LogP contribution in [0.5, 0.6) is 0 Å². The van der Waals surface area contributed by atoms with Gasteiger partial charge in [0.1, 0.15) is 20.2 Å². The Morgan fingerprint density at radius 3 is 0.935 bits per heavy atom. The molecule has 46 heavy (non-hydrogen) atoms. The molecule has 6 nitrogen and oxygen atoms in total. The molecule has 2 rings (SSSR count). The van der Waals surface area contributed by atoms with E-state index in [0.29, 0.717) is 11.8 Å². The Kier molecular flexibility index (Phi) is 26.3. The van der Waals surface area contributed by atoms with Gasteiger partial charge in [-0.25, -0.2) is 16.8 Å². The smallest absolute Gasteiger partial charge is 0.744 e. The first-order chi connectivity index (χ1) is 21.1. The van der Waals surface area contributed by atoms with Crippen LogP contribution in [0.1, 0.15) is 165 Å². The summed E-state index contributed by atoms with van der Waals surface area (Å²) in [5.41, 5.74) is 2.19. The molecule has 0 N–H and O–H groups in total. The van der Waals surface area contributed by atoms with E-state index in [1.54, 1.807) is 0 Å². The minimum atomic E-state index is -4.46. The van der Waals surface area contributed by atoms with Gasteiger partial charge in [-0.15, -0.1) is 0 Å². The summed E-state index contributed by atoms with van der Waals surface area (Å²) in [6, 6.07) is 13.0. The number of rotatable bonds is 25. The predicted octanol–water partition coefficient (Wildman–Crippen LogP) is 4.21. The van der Waals surface area contributed by atoms with Crippen molar-refractivity contribution < 1.29 is 85.1 Å². The van der Waals surface area contributed by atoms with Crippen molar-refractivity contribution in [1.29, 1.82) is 0 Å². The van der Waals surface area contributed by atoms with Crippen LogP contribution >= 0.6 is 0 Å². The summed E-state index contributed by atoms with van der Waals surface area (Å²) in [4.78, 5) is -0.361. The molecule has 0 heterocycles. The fourth-order valence-electron chi connectivity index (χ4n) is 6.25. The quantitative estimate of drug-likeness (QED) is 0.0875. The van der Waals surface area contributed by atoms with Gasteiger partial charge in [-0.05, 0) is 72.9 Å². The fourth-order valence-corrected chi connectivity index (χ4v) is 7.18. The van der Waals surface area contributed by atoms with Crippen LogP contribution in [0.2, 0.25) is 0 Å². The van der Waals surface area contributed by atoms with Gasteiger partial charge in [0.2, 0.25) is 0 Å². The average molecular weight is 695 g/mol. The first-order valence-electron chi connectivity index (χ1n) is 17.2. The van der Waals surface area contributed by atoms with Crippen LogP contribution in [0.15, 0.2) is 58.3 Å². The average Bonchev–Trinajstić information content (AvgIpc) is 2.99. The molecular weight excluding hydrogens is 639 g/mol. The Hall–Kier alpha value is 0.260. The molecule has 0 amide bonds. The van der Waals surface area contributed by atoms with Crippen molar-refractivity contribution in [2.75, 3.05) is 0 Å². The zero-order chi connectivity index (χ0) is 32.3. The maximum Gasteiger partial charge on any atom is 1.00 e. The van der Waals surface area contributed by atoms with Crippen LogP contribution in [-0.4, -0.2) is 25.9 Å². The van der Waals surface area contributed by atoms with E-state index in [0.717, 1.165) is 62.5 Å². The number of hydrogen-bond donors (Lipinski definition) is 0. The molecule has 0 aromatic heterocycles. The first-order valence-corrected chi connectivity index (χ1v) is 20.0. The van der Waals surface area contributed by atoms with Gasteiger partial charge in [0, 0.05) is 0 Å². The van der Waals surface area contributed by atoms with Gasteiger partial charge >= 0.3 is 59.1 Å². The van der Waals surface area contributed by atoms with Crippen LogP contribution < -0.4 is 59.1 Å². The maximum absolute atomic E-state index is 11.4. The summed E-state index contributed by atoms with van der Waals surface area (Å²) in [6.45, 7) is 4.45.